The van der Waals surface area contributed by atoms with Gasteiger partial charge in [-0.25, -0.2) is 4.63 Å². The average Bonchev–Trinajstić information content (AvgIpc) is 2.81. The molecule has 3 N–H and O–H groups in total. The molecular weight excluding hydrogens is 246 g/mol. The zero-order valence-electron chi connectivity index (χ0n) is 10.5. The number of fused-ring (bicyclic) bond motifs is 1. The minimum Gasteiger partial charge on any atom is -0.358 e. The van der Waals surface area contributed by atoms with Gasteiger partial charge in [0, 0.05) is 5.69 Å². The number of rotatable bonds is 2. The molecule has 3 rings (SSSR count). The Morgan fingerprint density at radius 1 is 1.21 bits per heavy atom. The minimum absolute atomic E-state index is 0.235. The molecule has 0 aliphatic carbocycles. The van der Waals surface area contributed by atoms with Crippen LogP contribution in [0.1, 0.15) is 11.1 Å². The van der Waals surface area contributed by atoms with Gasteiger partial charge in [-0.3, -0.25) is 4.79 Å². The fourth-order valence-corrected chi connectivity index (χ4v) is 1.86. The third kappa shape index (κ3) is 2.10. The third-order valence-electron chi connectivity index (χ3n) is 3.09. The Hall–Kier alpha value is -2.57. The van der Waals surface area contributed by atoms with Crippen LogP contribution in [0.5, 0.6) is 0 Å². The van der Waals surface area contributed by atoms with Crippen LogP contribution in [0, 0.1) is 13.8 Å². The van der Waals surface area contributed by atoms with Crippen LogP contribution in [-0.2, 0) is 4.79 Å². The fraction of sp³-hybridized carbons (Fsp3) is 0.250. The van der Waals surface area contributed by atoms with Crippen LogP contribution in [0.25, 0.3) is 0 Å². The molecule has 0 saturated heterocycles. The summed E-state index contributed by atoms with van der Waals surface area (Å²) in [7, 11) is 0. The van der Waals surface area contributed by atoms with Crippen molar-refractivity contribution < 1.29 is 9.42 Å². The Bertz CT molecular complexity index is 637. The summed E-state index contributed by atoms with van der Waals surface area (Å²) in [5.41, 5.74) is 3.22. The van der Waals surface area contributed by atoms with Gasteiger partial charge in [-0.1, -0.05) is 6.07 Å². The number of aromatic nitrogens is 2. The Morgan fingerprint density at radius 3 is 2.79 bits per heavy atom. The highest BCUT2D eigenvalue weighted by atomic mass is 16.6. The molecule has 0 radical (unpaired) electrons. The first-order chi connectivity index (χ1) is 9.13. The Balaban J connectivity index is 1.80. The van der Waals surface area contributed by atoms with Crippen molar-refractivity contribution in [2.75, 3.05) is 16.0 Å². The van der Waals surface area contributed by atoms with Crippen LogP contribution < -0.4 is 16.0 Å². The van der Waals surface area contributed by atoms with Crippen molar-refractivity contribution in [2.45, 2.75) is 20.0 Å². The van der Waals surface area contributed by atoms with E-state index in [-0.39, 0.29) is 5.91 Å². The Kier molecular flexibility index (Phi) is 2.59. The second-order valence-electron chi connectivity index (χ2n) is 4.47. The predicted molar refractivity (Wildman–Crippen MR) is 69.9 cm³/mol. The molecule has 0 spiro atoms. The van der Waals surface area contributed by atoms with Gasteiger partial charge in [-0.15, -0.1) is 0 Å². The maximum Gasteiger partial charge on any atom is 0.268 e. The first-order valence-electron chi connectivity index (χ1n) is 5.87. The van der Waals surface area contributed by atoms with E-state index < -0.39 is 6.17 Å². The van der Waals surface area contributed by atoms with Crippen LogP contribution in [0.3, 0.4) is 0 Å². The van der Waals surface area contributed by atoms with Crippen LogP contribution in [-0.4, -0.2) is 22.4 Å². The van der Waals surface area contributed by atoms with Gasteiger partial charge in [-0.05, 0) is 47.4 Å². The van der Waals surface area contributed by atoms with Gasteiger partial charge < -0.3 is 16.0 Å². The summed E-state index contributed by atoms with van der Waals surface area (Å²) in [6.07, 6.45) is -0.610. The van der Waals surface area contributed by atoms with Gasteiger partial charge in [0.15, 0.2) is 6.17 Å². The molecule has 0 saturated carbocycles. The highest BCUT2D eigenvalue weighted by molar-refractivity contribution is 6.02. The molecule has 1 aromatic heterocycles. The van der Waals surface area contributed by atoms with Gasteiger partial charge in [0.2, 0.25) is 11.6 Å². The van der Waals surface area contributed by atoms with E-state index in [0.717, 1.165) is 11.3 Å². The molecule has 7 nitrogen and oxygen atoms in total. The number of nitrogens with zero attached hydrogens (tertiary/aromatic N) is 2. The average molecular weight is 259 g/mol. The quantitative estimate of drug-likeness (QED) is 0.756. The van der Waals surface area contributed by atoms with Crippen molar-refractivity contribution in [3.63, 3.8) is 0 Å². The topological polar surface area (TPSA) is 92.1 Å². The first-order valence-corrected chi connectivity index (χ1v) is 5.87. The number of amides is 1. The molecule has 2 aromatic rings. The Morgan fingerprint density at radius 2 is 2.00 bits per heavy atom. The number of hydrogen-bond acceptors (Lipinski definition) is 6. The fourth-order valence-electron chi connectivity index (χ4n) is 1.86. The summed E-state index contributed by atoms with van der Waals surface area (Å²) in [5, 5.41) is 15.8. The summed E-state index contributed by atoms with van der Waals surface area (Å²) in [4.78, 5) is 11.9. The van der Waals surface area contributed by atoms with Crippen LogP contribution >= 0.6 is 0 Å². The van der Waals surface area contributed by atoms with Crippen molar-refractivity contribution in [3.05, 3.63) is 29.3 Å². The first kappa shape index (κ1) is 11.5. The van der Waals surface area contributed by atoms with E-state index in [1.807, 2.05) is 32.0 Å². The summed E-state index contributed by atoms with van der Waals surface area (Å²) < 4.78 is 4.54. The van der Waals surface area contributed by atoms with Crippen LogP contribution in [0.15, 0.2) is 22.8 Å². The molecule has 1 atom stereocenters. The van der Waals surface area contributed by atoms with Gasteiger partial charge >= 0.3 is 0 Å². The highest BCUT2D eigenvalue weighted by Gasteiger charge is 2.28. The summed E-state index contributed by atoms with van der Waals surface area (Å²) in [6.45, 7) is 4.06. The lowest BCUT2D eigenvalue weighted by Crippen LogP contribution is -2.44. The van der Waals surface area contributed by atoms with Gasteiger partial charge in [0.25, 0.3) is 5.91 Å². The molecule has 2 heterocycles. The molecule has 7 heteroatoms. The molecule has 1 amide bonds. The zero-order chi connectivity index (χ0) is 13.4. The minimum atomic E-state index is -0.610. The SMILES string of the molecule is Cc1ccc(NC2Nc3nonc3NC2=O)cc1C. The molecule has 1 aliphatic heterocycles. The van der Waals surface area contributed by atoms with E-state index in [0.29, 0.717) is 11.6 Å². The highest BCUT2D eigenvalue weighted by Crippen LogP contribution is 2.23. The predicted octanol–water partition coefficient (Wildman–Crippen LogP) is 1.49. The lowest BCUT2D eigenvalue weighted by atomic mass is 10.1. The molecule has 0 fully saturated rings. The van der Waals surface area contributed by atoms with E-state index in [1.54, 1.807) is 0 Å². The second-order valence-corrected chi connectivity index (χ2v) is 4.47. The van der Waals surface area contributed by atoms with Crippen molar-refractivity contribution >= 4 is 23.2 Å². The second kappa shape index (κ2) is 4.27. The Labute approximate surface area is 109 Å². The maximum absolute atomic E-state index is 11.9. The lowest BCUT2D eigenvalue weighted by molar-refractivity contribution is -0.116. The van der Waals surface area contributed by atoms with E-state index in [9.17, 15) is 4.79 Å². The lowest BCUT2D eigenvalue weighted by Gasteiger charge is -2.23. The van der Waals surface area contributed by atoms with Crippen LogP contribution in [0.2, 0.25) is 0 Å². The molecule has 1 unspecified atom stereocenters. The normalized spacial score (nSPS) is 17.4. The molecule has 19 heavy (non-hydrogen) atoms. The summed E-state index contributed by atoms with van der Waals surface area (Å²) in [6, 6.07) is 5.91. The molecule has 0 bridgehead atoms. The third-order valence-corrected chi connectivity index (χ3v) is 3.09. The van der Waals surface area contributed by atoms with E-state index in [2.05, 4.69) is 30.9 Å². The van der Waals surface area contributed by atoms with Crippen molar-refractivity contribution in [3.8, 4) is 0 Å². The van der Waals surface area contributed by atoms with E-state index >= 15 is 0 Å². The summed E-state index contributed by atoms with van der Waals surface area (Å²) >= 11 is 0. The molecule has 1 aromatic carbocycles. The largest absolute Gasteiger partial charge is 0.358 e. The van der Waals surface area contributed by atoms with Crippen molar-refractivity contribution in [2.24, 2.45) is 0 Å². The van der Waals surface area contributed by atoms with Crippen molar-refractivity contribution in [1.29, 1.82) is 0 Å². The number of carbonyl (C=O) groups is 1. The number of anilines is 3. The van der Waals surface area contributed by atoms with Crippen LogP contribution in [0.4, 0.5) is 17.3 Å². The number of carbonyl (C=O) groups excluding carboxylic acids is 1. The standard InChI is InChI=1S/C12H13N5O2/c1-6-3-4-8(5-7(6)2)13-11-12(18)15-10-9(14-11)16-19-17-10/h3-5,11,13H,1-2H3,(H,14,16)(H,15,17,18). The summed E-state index contributed by atoms with van der Waals surface area (Å²) in [5.74, 6) is 0.491. The van der Waals surface area contributed by atoms with Gasteiger partial charge in [0.1, 0.15) is 0 Å². The van der Waals surface area contributed by atoms with Crippen molar-refractivity contribution in [1.82, 2.24) is 10.3 Å². The van der Waals surface area contributed by atoms with Gasteiger partial charge in [0.05, 0.1) is 0 Å². The molecule has 1 aliphatic rings. The molecule has 98 valence electrons. The molecular formula is C12H13N5O2. The zero-order valence-corrected chi connectivity index (χ0v) is 10.5. The number of nitrogens with one attached hydrogen (secondary N) is 3. The van der Waals surface area contributed by atoms with Gasteiger partial charge in [-0.2, -0.15) is 0 Å². The number of benzene rings is 1. The monoisotopic (exact) mass is 259 g/mol. The van der Waals surface area contributed by atoms with E-state index in [1.165, 1.54) is 5.56 Å². The maximum atomic E-state index is 11.9. The number of aryl methyl sites for hydroxylation is 2. The van der Waals surface area contributed by atoms with E-state index in [4.69, 9.17) is 0 Å². The smallest absolute Gasteiger partial charge is 0.268 e. The number of hydrogen-bond donors (Lipinski definition) is 3.